The minimum atomic E-state index is -1.33. The van der Waals surface area contributed by atoms with Crippen LogP contribution in [0.2, 0.25) is 0 Å². The quantitative estimate of drug-likeness (QED) is 0.0555. The molecule has 10 N–H and O–H groups in total. The number of hydrogen-bond acceptors (Lipinski definition) is 11. The Hall–Kier alpha value is -5.09. The molecule has 4 saturated carbocycles. The fourth-order valence-electron chi connectivity index (χ4n) is 9.70. The van der Waals surface area contributed by atoms with Crippen molar-refractivity contribution in [1.82, 2.24) is 31.4 Å². The van der Waals surface area contributed by atoms with Crippen molar-refractivity contribution in [2.45, 2.75) is 142 Å². The fraction of sp³-hybridized carbons (Fsp3) is 0.683. The van der Waals surface area contributed by atoms with Crippen molar-refractivity contribution in [3.8, 4) is 5.75 Å². The number of nitrogens with zero attached hydrogens (tertiary/aromatic N) is 2. The zero-order valence-corrected chi connectivity index (χ0v) is 34.6. The SMILES string of the molecule is Cc1cc(O)cc(C)c1CC(NC(=O)C(CCCNC(=N)N)OC(N)=O)C(=O)NC(CCCCNC(=O)OC(C)(C)C)c1nc(CC23CC4CC(CC(C4)C2)C3)no1. The van der Waals surface area contributed by atoms with Crippen LogP contribution in [-0.4, -0.2) is 76.0 Å². The Morgan fingerprint density at radius 3 is 2.14 bits per heavy atom. The summed E-state index contributed by atoms with van der Waals surface area (Å²) in [6.07, 6.45) is 7.10. The number of nitrogens with one attached hydrogen (secondary N) is 5. The average molecular weight is 810 g/mol. The first kappa shape index (κ1) is 44.0. The van der Waals surface area contributed by atoms with Crippen molar-refractivity contribution in [2.75, 3.05) is 13.1 Å². The Morgan fingerprint density at radius 1 is 0.931 bits per heavy atom. The molecule has 58 heavy (non-hydrogen) atoms. The maximum atomic E-state index is 14.4. The molecule has 0 saturated heterocycles. The minimum Gasteiger partial charge on any atom is -0.508 e. The third-order valence-electron chi connectivity index (χ3n) is 11.6. The number of nitrogens with two attached hydrogens (primary N) is 2. The number of benzene rings is 1. The maximum Gasteiger partial charge on any atom is 0.407 e. The lowest BCUT2D eigenvalue weighted by molar-refractivity contribution is -0.134. The van der Waals surface area contributed by atoms with Crippen LogP contribution in [-0.2, 0) is 31.9 Å². The van der Waals surface area contributed by atoms with Crippen molar-refractivity contribution in [1.29, 1.82) is 5.41 Å². The van der Waals surface area contributed by atoms with E-state index < -0.39 is 47.8 Å². The van der Waals surface area contributed by atoms with Crippen LogP contribution in [0, 0.1) is 42.4 Å². The molecule has 4 fully saturated rings. The van der Waals surface area contributed by atoms with E-state index in [2.05, 4.69) is 26.4 Å². The van der Waals surface area contributed by atoms with E-state index in [1.165, 1.54) is 38.5 Å². The van der Waals surface area contributed by atoms with Crippen LogP contribution in [0.15, 0.2) is 16.7 Å². The summed E-state index contributed by atoms with van der Waals surface area (Å²) < 4.78 is 16.4. The summed E-state index contributed by atoms with van der Waals surface area (Å²) in [4.78, 5) is 57.1. The molecule has 4 amide bonds. The first-order valence-electron chi connectivity index (χ1n) is 20.6. The summed E-state index contributed by atoms with van der Waals surface area (Å²) in [6, 6.07) is 1.26. The molecule has 1 heterocycles. The Labute approximate surface area is 340 Å². The van der Waals surface area contributed by atoms with Crippen LogP contribution in [0.1, 0.15) is 126 Å². The van der Waals surface area contributed by atoms with Crippen molar-refractivity contribution >= 4 is 30.0 Å². The standard InChI is InChI=1S/C41H63N9O8/c1-23-13-28(51)14-24(2)29(23)18-31(48-35(53)32(56-38(44)54)10-8-12-45-37(42)43)34(52)47-30(9-6-7-11-46-39(55)57-40(3,4)5)36-49-33(50-58-36)22-41-19-25-15-26(20-41)17-27(16-25)21-41/h13-14,25-27,30-32,51H,6-12,15-22H2,1-5H3,(H2,44,54)(H,46,55)(H,47,52)(H,48,53)(H4,42,43,45). The van der Waals surface area contributed by atoms with Crippen LogP contribution < -0.4 is 32.7 Å². The van der Waals surface area contributed by atoms with Gasteiger partial charge in [-0.1, -0.05) is 5.16 Å². The van der Waals surface area contributed by atoms with Crippen LogP contribution in [0.4, 0.5) is 9.59 Å². The number of phenolic OH excluding ortho intramolecular Hbond substituents is 1. The lowest BCUT2D eigenvalue weighted by atomic mass is 9.49. The number of guanidine groups is 1. The molecule has 4 aliphatic carbocycles. The van der Waals surface area contributed by atoms with Crippen LogP contribution in [0.25, 0.3) is 0 Å². The topological polar surface area (TPSA) is 270 Å². The number of aromatic hydroxyl groups is 1. The Morgan fingerprint density at radius 2 is 1.55 bits per heavy atom. The Kier molecular flexibility index (Phi) is 14.5. The van der Waals surface area contributed by atoms with E-state index in [0.717, 1.165) is 29.7 Å². The second-order valence-corrected chi connectivity index (χ2v) is 17.9. The summed E-state index contributed by atoms with van der Waals surface area (Å²) >= 11 is 0. The number of rotatable bonds is 19. The number of unbranched alkanes of at least 4 members (excludes halogenated alkanes) is 1. The molecule has 4 bridgehead atoms. The highest BCUT2D eigenvalue weighted by molar-refractivity contribution is 5.90. The first-order valence-corrected chi connectivity index (χ1v) is 20.6. The molecule has 4 aliphatic rings. The predicted molar refractivity (Wildman–Crippen MR) is 214 cm³/mol. The highest BCUT2D eigenvalue weighted by atomic mass is 16.6. The molecule has 3 unspecified atom stereocenters. The van der Waals surface area contributed by atoms with E-state index >= 15 is 0 Å². The van der Waals surface area contributed by atoms with E-state index in [4.69, 9.17) is 35.9 Å². The Bertz CT molecular complexity index is 1730. The number of ether oxygens (including phenoxy) is 2. The first-order chi connectivity index (χ1) is 27.4. The van der Waals surface area contributed by atoms with Gasteiger partial charge >= 0.3 is 12.2 Å². The van der Waals surface area contributed by atoms with Gasteiger partial charge < -0.3 is 51.8 Å². The molecule has 3 atom stereocenters. The molecule has 0 aliphatic heterocycles. The molecular weight excluding hydrogens is 747 g/mol. The molecule has 17 nitrogen and oxygen atoms in total. The average Bonchev–Trinajstić information content (AvgIpc) is 3.55. The molecule has 6 rings (SSSR count). The second kappa shape index (κ2) is 19.1. The normalized spacial score (nSPS) is 22.3. The molecular formula is C41H63N9O8. The number of alkyl carbamates (subject to hydrolysis) is 1. The van der Waals surface area contributed by atoms with Crippen LogP contribution >= 0.6 is 0 Å². The van der Waals surface area contributed by atoms with Gasteiger partial charge in [0, 0.05) is 25.9 Å². The lowest BCUT2D eigenvalue weighted by Gasteiger charge is -2.56. The summed E-state index contributed by atoms with van der Waals surface area (Å²) in [6.45, 7) is 9.57. The van der Waals surface area contributed by atoms with Crippen LogP contribution in [0.5, 0.6) is 5.75 Å². The highest BCUT2D eigenvalue weighted by Gasteiger charge is 2.51. The molecule has 1 aromatic carbocycles. The summed E-state index contributed by atoms with van der Waals surface area (Å²) in [5.74, 6) is 1.69. The van der Waals surface area contributed by atoms with Gasteiger partial charge in [-0.05, 0) is 157 Å². The highest BCUT2D eigenvalue weighted by Crippen LogP contribution is 2.60. The number of aromatic nitrogens is 2. The van der Waals surface area contributed by atoms with Gasteiger partial charge in [-0.3, -0.25) is 15.0 Å². The van der Waals surface area contributed by atoms with Gasteiger partial charge in [-0.25, -0.2) is 9.59 Å². The number of aryl methyl sites for hydroxylation is 2. The van der Waals surface area contributed by atoms with Crippen molar-refractivity contribution in [3.05, 3.63) is 40.5 Å². The molecule has 17 heteroatoms. The molecule has 0 spiro atoms. The molecule has 2 aromatic rings. The van der Waals surface area contributed by atoms with Gasteiger partial charge in [-0.2, -0.15) is 4.98 Å². The van der Waals surface area contributed by atoms with Gasteiger partial charge in [-0.15, -0.1) is 0 Å². The van der Waals surface area contributed by atoms with Gasteiger partial charge in [0.05, 0.1) is 0 Å². The maximum absolute atomic E-state index is 14.4. The van der Waals surface area contributed by atoms with Crippen molar-refractivity contribution in [3.63, 3.8) is 0 Å². The molecule has 320 valence electrons. The predicted octanol–water partition coefficient (Wildman–Crippen LogP) is 4.46. The number of hydrogen-bond donors (Lipinski definition) is 8. The minimum absolute atomic E-state index is 0.0368. The third kappa shape index (κ3) is 12.7. The van der Waals surface area contributed by atoms with E-state index in [9.17, 15) is 24.3 Å². The fourth-order valence-corrected chi connectivity index (χ4v) is 9.70. The molecule has 0 radical (unpaired) electrons. The van der Waals surface area contributed by atoms with Gasteiger partial charge in [0.2, 0.25) is 11.8 Å². The second-order valence-electron chi connectivity index (χ2n) is 17.9. The van der Waals surface area contributed by atoms with Gasteiger partial charge in [0.15, 0.2) is 17.9 Å². The number of phenols is 1. The van der Waals surface area contributed by atoms with E-state index in [-0.39, 0.29) is 42.4 Å². The Balaban J connectivity index is 1.35. The van der Waals surface area contributed by atoms with Crippen molar-refractivity contribution in [2.24, 2.45) is 34.6 Å². The largest absolute Gasteiger partial charge is 0.508 e. The van der Waals surface area contributed by atoms with Gasteiger partial charge in [0.1, 0.15) is 23.4 Å². The van der Waals surface area contributed by atoms with E-state index in [1.807, 2.05) is 0 Å². The summed E-state index contributed by atoms with van der Waals surface area (Å²) in [5.41, 5.74) is 12.4. The lowest BCUT2D eigenvalue weighted by Crippen LogP contribution is -2.52. The third-order valence-corrected chi connectivity index (χ3v) is 11.6. The monoisotopic (exact) mass is 809 g/mol. The van der Waals surface area contributed by atoms with Gasteiger partial charge in [0.25, 0.3) is 5.91 Å². The zero-order chi connectivity index (χ0) is 42.2. The summed E-state index contributed by atoms with van der Waals surface area (Å²) in [7, 11) is 0. The van der Waals surface area contributed by atoms with Crippen LogP contribution in [0.3, 0.4) is 0 Å². The summed E-state index contributed by atoms with van der Waals surface area (Å²) in [5, 5.41) is 33.3. The number of amides is 4. The zero-order valence-electron chi connectivity index (χ0n) is 34.6. The number of carbonyl (C=O) groups excluding carboxylic acids is 4. The number of carbonyl (C=O) groups is 4. The van der Waals surface area contributed by atoms with E-state index in [0.29, 0.717) is 49.2 Å². The van der Waals surface area contributed by atoms with E-state index in [1.54, 1.807) is 46.8 Å². The number of primary amides is 1. The molecule has 1 aromatic heterocycles. The smallest absolute Gasteiger partial charge is 0.407 e. The van der Waals surface area contributed by atoms with Crippen molar-refractivity contribution < 1.29 is 38.3 Å².